The van der Waals surface area contributed by atoms with Crippen LogP contribution in [-0.4, -0.2) is 12.9 Å². The molecule has 0 radical (unpaired) electrons. The Morgan fingerprint density at radius 3 is 2.61 bits per heavy atom. The van der Waals surface area contributed by atoms with E-state index in [1.807, 2.05) is 31.4 Å². The zero-order valence-corrected chi connectivity index (χ0v) is 12.0. The molecule has 1 aromatic heterocycles. The van der Waals surface area contributed by atoms with E-state index in [1.54, 1.807) is 13.2 Å². The van der Waals surface area contributed by atoms with E-state index in [0.717, 1.165) is 11.1 Å². The summed E-state index contributed by atoms with van der Waals surface area (Å²) in [5, 5.41) is 2.42. The number of ether oxygens (including phenoxy) is 1. The molecule has 0 unspecified atom stereocenters. The van der Waals surface area contributed by atoms with Crippen LogP contribution in [-0.2, 0) is 0 Å². The summed E-state index contributed by atoms with van der Waals surface area (Å²) in [6.45, 7) is 3.83. The van der Waals surface area contributed by atoms with Gasteiger partial charge in [-0.3, -0.25) is 4.79 Å². The Morgan fingerprint density at radius 2 is 2.06 bits per heavy atom. The standard InChI is InChI=1S/C14H13ClO2S/c1-8-4-5-11(17-3)10(6-8)13(16)14-12(15)9(2)7-18-14/h4-7H,1-3H3. The van der Waals surface area contributed by atoms with Gasteiger partial charge in [-0.2, -0.15) is 0 Å². The first kappa shape index (κ1) is 13.1. The topological polar surface area (TPSA) is 26.3 Å². The molecule has 0 amide bonds. The van der Waals surface area contributed by atoms with E-state index in [2.05, 4.69) is 0 Å². The monoisotopic (exact) mass is 280 g/mol. The molecule has 2 nitrogen and oxygen atoms in total. The first-order valence-electron chi connectivity index (χ1n) is 5.47. The Kier molecular flexibility index (Phi) is 3.73. The largest absolute Gasteiger partial charge is 0.496 e. The fraction of sp³-hybridized carbons (Fsp3) is 0.214. The smallest absolute Gasteiger partial charge is 0.208 e. The van der Waals surface area contributed by atoms with Gasteiger partial charge in [0.05, 0.1) is 22.6 Å². The molecule has 0 spiro atoms. The first-order chi connectivity index (χ1) is 8.54. The maximum atomic E-state index is 12.5. The molecule has 0 aliphatic carbocycles. The van der Waals surface area contributed by atoms with E-state index < -0.39 is 0 Å². The normalized spacial score (nSPS) is 10.4. The summed E-state index contributed by atoms with van der Waals surface area (Å²) in [5.41, 5.74) is 2.50. The lowest BCUT2D eigenvalue weighted by Crippen LogP contribution is -2.03. The molecule has 1 aromatic carbocycles. The predicted molar refractivity (Wildman–Crippen MR) is 75.2 cm³/mol. The molecule has 0 saturated carbocycles. The zero-order valence-electron chi connectivity index (χ0n) is 10.4. The Hall–Kier alpha value is -1.32. The minimum Gasteiger partial charge on any atom is -0.496 e. The quantitative estimate of drug-likeness (QED) is 0.786. The third-order valence-corrected chi connectivity index (χ3v) is 4.40. The SMILES string of the molecule is COc1ccc(C)cc1C(=O)c1scc(C)c1Cl. The molecule has 2 rings (SSSR count). The maximum absolute atomic E-state index is 12.5. The van der Waals surface area contributed by atoms with E-state index in [1.165, 1.54) is 11.3 Å². The summed E-state index contributed by atoms with van der Waals surface area (Å²) in [5.74, 6) is 0.492. The molecular formula is C14H13ClO2S. The second-order valence-electron chi connectivity index (χ2n) is 4.09. The summed E-state index contributed by atoms with van der Waals surface area (Å²) in [6.07, 6.45) is 0. The van der Waals surface area contributed by atoms with Crippen molar-refractivity contribution in [3.05, 3.63) is 50.2 Å². The highest BCUT2D eigenvalue weighted by Crippen LogP contribution is 2.32. The first-order valence-corrected chi connectivity index (χ1v) is 6.73. The van der Waals surface area contributed by atoms with E-state index in [9.17, 15) is 4.79 Å². The molecule has 0 aliphatic rings. The van der Waals surface area contributed by atoms with E-state index in [0.29, 0.717) is 21.2 Å². The number of thiophene rings is 1. The molecule has 2 aromatic rings. The maximum Gasteiger partial charge on any atom is 0.208 e. The molecule has 0 N–H and O–H groups in total. The number of aryl methyl sites for hydroxylation is 2. The van der Waals surface area contributed by atoms with Crippen molar-refractivity contribution in [2.75, 3.05) is 7.11 Å². The van der Waals surface area contributed by atoms with Gasteiger partial charge in [0.25, 0.3) is 0 Å². The van der Waals surface area contributed by atoms with Gasteiger partial charge in [0.15, 0.2) is 0 Å². The number of carbonyl (C=O) groups excluding carboxylic acids is 1. The average Bonchev–Trinajstić information content (AvgIpc) is 2.69. The van der Waals surface area contributed by atoms with Gasteiger partial charge in [-0.25, -0.2) is 0 Å². The molecule has 4 heteroatoms. The van der Waals surface area contributed by atoms with Crippen molar-refractivity contribution in [2.24, 2.45) is 0 Å². The molecule has 0 fully saturated rings. The van der Waals surface area contributed by atoms with Gasteiger partial charge in [0.2, 0.25) is 5.78 Å². The van der Waals surface area contributed by atoms with Crippen LogP contribution >= 0.6 is 22.9 Å². The lowest BCUT2D eigenvalue weighted by Gasteiger charge is -2.08. The zero-order chi connectivity index (χ0) is 13.3. The third-order valence-electron chi connectivity index (χ3n) is 2.70. The number of hydrogen-bond donors (Lipinski definition) is 0. The Morgan fingerprint density at radius 1 is 1.33 bits per heavy atom. The molecule has 94 valence electrons. The van der Waals surface area contributed by atoms with E-state index >= 15 is 0 Å². The molecule has 18 heavy (non-hydrogen) atoms. The average molecular weight is 281 g/mol. The second kappa shape index (κ2) is 5.12. The summed E-state index contributed by atoms with van der Waals surface area (Å²) in [4.78, 5) is 13.0. The van der Waals surface area contributed by atoms with Gasteiger partial charge in [-0.05, 0) is 36.9 Å². The number of hydrogen-bond acceptors (Lipinski definition) is 3. The molecule has 1 heterocycles. The van der Waals surface area contributed by atoms with Crippen LogP contribution in [0.25, 0.3) is 0 Å². The fourth-order valence-corrected chi connectivity index (χ4v) is 2.94. The van der Waals surface area contributed by atoms with Crippen molar-refractivity contribution in [3.8, 4) is 5.75 Å². The van der Waals surface area contributed by atoms with E-state index in [-0.39, 0.29) is 5.78 Å². The Balaban J connectivity index is 2.52. The van der Waals surface area contributed by atoms with Crippen molar-refractivity contribution in [1.29, 1.82) is 0 Å². The molecule has 0 saturated heterocycles. The number of carbonyl (C=O) groups is 1. The molecular weight excluding hydrogens is 268 g/mol. The number of benzene rings is 1. The van der Waals surface area contributed by atoms with Gasteiger partial charge in [0, 0.05) is 0 Å². The second-order valence-corrected chi connectivity index (χ2v) is 5.35. The van der Waals surface area contributed by atoms with Gasteiger partial charge in [-0.1, -0.05) is 23.2 Å². The van der Waals surface area contributed by atoms with Crippen molar-refractivity contribution in [2.45, 2.75) is 13.8 Å². The van der Waals surface area contributed by atoms with Crippen LogP contribution in [0.2, 0.25) is 5.02 Å². The van der Waals surface area contributed by atoms with Crippen LogP contribution < -0.4 is 4.74 Å². The van der Waals surface area contributed by atoms with Crippen LogP contribution in [0, 0.1) is 13.8 Å². The van der Waals surface area contributed by atoms with Crippen LogP contribution in [0.1, 0.15) is 26.4 Å². The Bertz CT molecular complexity index is 602. The van der Waals surface area contributed by atoms with Crippen molar-refractivity contribution >= 4 is 28.7 Å². The summed E-state index contributed by atoms with van der Waals surface area (Å²) in [6, 6.07) is 5.54. The van der Waals surface area contributed by atoms with Crippen molar-refractivity contribution in [1.82, 2.24) is 0 Å². The number of ketones is 1. The number of methoxy groups -OCH3 is 1. The molecule has 0 aliphatic heterocycles. The van der Waals surface area contributed by atoms with Crippen LogP contribution in [0.3, 0.4) is 0 Å². The summed E-state index contributed by atoms with van der Waals surface area (Å²) in [7, 11) is 1.56. The molecule has 0 bridgehead atoms. The van der Waals surface area contributed by atoms with Gasteiger partial charge >= 0.3 is 0 Å². The minimum absolute atomic E-state index is 0.0846. The van der Waals surface area contributed by atoms with Gasteiger partial charge in [-0.15, -0.1) is 11.3 Å². The summed E-state index contributed by atoms with van der Waals surface area (Å²) >= 11 is 7.50. The highest BCUT2D eigenvalue weighted by atomic mass is 35.5. The number of rotatable bonds is 3. The minimum atomic E-state index is -0.0846. The summed E-state index contributed by atoms with van der Waals surface area (Å²) < 4.78 is 5.23. The van der Waals surface area contributed by atoms with E-state index in [4.69, 9.17) is 16.3 Å². The third kappa shape index (κ3) is 2.28. The lowest BCUT2D eigenvalue weighted by atomic mass is 10.1. The number of halogens is 1. The molecule has 0 atom stereocenters. The van der Waals surface area contributed by atoms with Crippen LogP contribution in [0.4, 0.5) is 0 Å². The Labute approximate surface area is 115 Å². The van der Waals surface area contributed by atoms with Crippen LogP contribution in [0.15, 0.2) is 23.6 Å². The fourth-order valence-electron chi connectivity index (χ4n) is 1.70. The highest BCUT2D eigenvalue weighted by Gasteiger charge is 2.20. The van der Waals surface area contributed by atoms with Crippen molar-refractivity contribution in [3.63, 3.8) is 0 Å². The predicted octanol–water partition coefficient (Wildman–Crippen LogP) is 4.26. The lowest BCUT2D eigenvalue weighted by molar-refractivity contribution is 0.103. The highest BCUT2D eigenvalue weighted by molar-refractivity contribution is 7.13. The van der Waals surface area contributed by atoms with Gasteiger partial charge < -0.3 is 4.74 Å². The van der Waals surface area contributed by atoms with Crippen molar-refractivity contribution < 1.29 is 9.53 Å². The van der Waals surface area contributed by atoms with Crippen LogP contribution in [0.5, 0.6) is 5.75 Å². The van der Waals surface area contributed by atoms with Gasteiger partial charge in [0.1, 0.15) is 5.75 Å².